The Balaban J connectivity index is 2.48. The van der Waals surface area contributed by atoms with Gasteiger partial charge in [0, 0.05) is 0 Å². The molecule has 4 nitrogen and oxygen atoms in total. The van der Waals surface area contributed by atoms with Gasteiger partial charge in [-0.1, -0.05) is 0 Å². The van der Waals surface area contributed by atoms with Crippen molar-refractivity contribution in [3.05, 3.63) is 0 Å². The molecule has 1 fully saturated rings. The predicted octanol–water partition coefficient (Wildman–Crippen LogP) is 0.0366. The molecule has 0 amide bonds. The Kier molecular flexibility index (Phi) is 1.78. The molecule has 1 heterocycles. The second-order valence-corrected chi connectivity index (χ2v) is 3.18. The highest BCUT2D eigenvalue weighted by atomic mass is 31.1. The average Bonchev–Trinajstić information content (AvgIpc) is 2.14. The predicted molar refractivity (Wildman–Crippen MR) is 29.2 cm³/mol. The van der Waals surface area contributed by atoms with Gasteiger partial charge >= 0.3 is 14.0 Å². The lowest BCUT2D eigenvalue weighted by Crippen LogP contribution is -1.98. The van der Waals surface area contributed by atoms with Crippen LogP contribution in [0, 0.1) is 0 Å². The molecule has 0 aromatic heterocycles. The standard InChI is InChI=1S/C4H5O4P/c5-4-1-3(2-8-4)9(6)7/h3H,1-2H2/p+1/t3-/m0/s1. The molecule has 2 atom stereocenters. The molecule has 9 heavy (non-hydrogen) atoms. The zero-order valence-electron chi connectivity index (χ0n) is 4.61. The van der Waals surface area contributed by atoms with E-state index in [4.69, 9.17) is 4.89 Å². The molecule has 5 heteroatoms. The van der Waals surface area contributed by atoms with Crippen LogP contribution in [0.1, 0.15) is 6.42 Å². The first-order chi connectivity index (χ1) is 4.20. The normalized spacial score (nSPS) is 27.9. The van der Waals surface area contributed by atoms with Crippen LogP contribution in [0.2, 0.25) is 0 Å². The van der Waals surface area contributed by atoms with Crippen LogP contribution >= 0.6 is 8.03 Å². The van der Waals surface area contributed by atoms with Crippen molar-refractivity contribution in [2.24, 2.45) is 0 Å². The van der Waals surface area contributed by atoms with Gasteiger partial charge in [-0.25, -0.2) is 0 Å². The minimum atomic E-state index is -2.22. The van der Waals surface area contributed by atoms with Crippen molar-refractivity contribution in [2.45, 2.75) is 12.1 Å². The maximum absolute atomic E-state index is 10.3. The maximum Gasteiger partial charge on any atom is 0.512 e. The van der Waals surface area contributed by atoms with Crippen molar-refractivity contribution in [2.75, 3.05) is 6.61 Å². The van der Waals surface area contributed by atoms with Gasteiger partial charge in [-0.3, -0.25) is 4.79 Å². The van der Waals surface area contributed by atoms with Crippen molar-refractivity contribution < 1.29 is 19.0 Å². The van der Waals surface area contributed by atoms with Crippen LogP contribution in [0.4, 0.5) is 0 Å². The summed E-state index contributed by atoms with van der Waals surface area (Å²) in [5.74, 6) is -0.377. The van der Waals surface area contributed by atoms with E-state index < -0.39 is 13.7 Å². The van der Waals surface area contributed by atoms with E-state index in [-0.39, 0.29) is 19.0 Å². The summed E-state index contributed by atoms with van der Waals surface area (Å²) in [6.45, 7) is 0.102. The number of cyclic esters (lactones) is 1. The molecule has 50 valence electrons. The summed E-state index contributed by atoms with van der Waals surface area (Å²) in [6, 6.07) is 0. The lowest BCUT2D eigenvalue weighted by Gasteiger charge is -1.82. The van der Waals surface area contributed by atoms with E-state index >= 15 is 0 Å². The molecule has 1 N–H and O–H groups in total. The van der Waals surface area contributed by atoms with Crippen molar-refractivity contribution in [1.82, 2.24) is 0 Å². The van der Waals surface area contributed by atoms with E-state index in [0.29, 0.717) is 0 Å². The molecule has 0 aromatic carbocycles. The van der Waals surface area contributed by atoms with Crippen LogP contribution in [-0.4, -0.2) is 23.1 Å². The lowest BCUT2D eigenvalue weighted by molar-refractivity contribution is -0.137. The van der Waals surface area contributed by atoms with Gasteiger partial charge in [-0.15, -0.1) is 0 Å². The summed E-state index contributed by atoms with van der Waals surface area (Å²) in [5.41, 5.74) is -0.465. The summed E-state index contributed by atoms with van der Waals surface area (Å²) in [6.07, 6.45) is 0.0890. The van der Waals surface area contributed by atoms with Gasteiger partial charge in [0.2, 0.25) is 5.66 Å². The molecular formula is C4H6O4P+. The summed E-state index contributed by atoms with van der Waals surface area (Å²) < 4.78 is 14.7. The third kappa shape index (κ3) is 1.47. The number of hydrogen-bond donors (Lipinski definition) is 1. The molecule has 0 bridgehead atoms. The Morgan fingerprint density at radius 3 is 2.67 bits per heavy atom. The number of carbonyl (C=O) groups is 1. The molecule has 0 aliphatic carbocycles. The van der Waals surface area contributed by atoms with Crippen molar-refractivity contribution >= 4 is 14.0 Å². The topological polar surface area (TPSA) is 63.6 Å². The molecule has 0 radical (unpaired) electrons. The van der Waals surface area contributed by atoms with E-state index in [2.05, 4.69) is 4.74 Å². The van der Waals surface area contributed by atoms with Gasteiger partial charge in [0.15, 0.2) is 0 Å². The summed E-state index contributed by atoms with van der Waals surface area (Å²) in [4.78, 5) is 18.7. The van der Waals surface area contributed by atoms with E-state index in [1.54, 1.807) is 0 Å². The summed E-state index contributed by atoms with van der Waals surface area (Å²) in [7, 11) is -2.22. The second kappa shape index (κ2) is 2.42. The molecular weight excluding hydrogens is 143 g/mol. The SMILES string of the molecule is O=C1C[C@H]([P+](=O)O)CO1. The van der Waals surface area contributed by atoms with Crippen LogP contribution in [-0.2, 0) is 14.1 Å². The minimum Gasteiger partial charge on any atom is -0.461 e. The summed E-state index contributed by atoms with van der Waals surface area (Å²) >= 11 is 0. The van der Waals surface area contributed by atoms with Gasteiger partial charge in [0.05, 0.1) is 6.42 Å². The van der Waals surface area contributed by atoms with Crippen LogP contribution in [0.3, 0.4) is 0 Å². The zero-order valence-corrected chi connectivity index (χ0v) is 5.51. The number of hydrogen-bond acceptors (Lipinski definition) is 3. The van der Waals surface area contributed by atoms with E-state index in [0.717, 1.165) is 0 Å². The third-order valence-electron chi connectivity index (χ3n) is 1.15. The molecule has 1 unspecified atom stereocenters. The van der Waals surface area contributed by atoms with Gasteiger partial charge in [-0.2, -0.15) is 4.89 Å². The Bertz CT molecular complexity index is 155. The smallest absolute Gasteiger partial charge is 0.461 e. The Morgan fingerprint density at radius 2 is 2.44 bits per heavy atom. The molecule has 0 saturated carbocycles. The van der Waals surface area contributed by atoms with E-state index in [1.807, 2.05) is 0 Å². The molecule has 1 saturated heterocycles. The number of carbonyl (C=O) groups excluding carboxylic acids is 1. The fourth-order valence-electron chi connectivity index (χ4n) is 0.641. The highest BCUT2D eigenvalue weighted by molar-refractivity contribution is 7.39. The van der Waals surface area contributed by atoms with Gasteiger partial charge in [-0.05, 0) is 4.57 Å². The monoisotopic (exact) mass is 149 g/mol. The molecule has 0 aromatic rings. The van der Waals surface area contributed by atoms with Crippen LogP contribution in [0.5, 0.6) is 0 Å². The van der Waals surface area contributed by atoms with Crippen molar-refractivity contribution in [3.63, 3.8) is 0 Å². The number of rotatable bonds is 1. The largest absolute Gasteiger partial charge is 0.512 e. The first-order valence-corrected chi connectivity index (χ1v) is 3.79. The highest BCUT2D eigenvalue weighted by Crippen LogP contribution is 2.29. The lowest BCUT2D eigenvalue weighted by atomic mass is 10.4. The maximum atomic E-state index is 10.3. The Hall–Kier alpha value is -0.470. The van der Waals surface area contributed by atoms with Crippen LogP contribution in [0.25, 0.3) is 0 Å². The van der Waals surface area contributed by atoms with E-state index in [9.17, 15) is 9.36 Å². The van der Waals surface area contributed by atoms with Crippen LogP contribution < -0.4 is 0 Å². The van der Waals surface area contributed by atoms with Crippen molar-refractivity contribution in [1.29, 1.82) is 0 Å². The number of esters is 1. The molecule has 0 spiro atoms. The Labute approximate surface area is 52.7 Å². The van der Waals surface area contributed by atoms with Gasteiger partial charge < -0.3 is 4.74 Å². The summed E-state index contributed by atoms with van der Waals surface area (Å²) in [5, 5.41) is 0. The first kappa shape index (κ1) is 6.65. The first-order valence-electron chi connectivity index (χ1n) is 2.51. The molecule has 1 aliphatic heterocycles. The zero-order chi connectivity index (χ0) is 6.85. The molecule has 1 rings (SSSR count). The second-order valence-electron chi connectivity index (χ2n) is 1.84. The average molecular weight is 149 g/mol. The third-order valence-corrected chi connectivity index (χ3v) is 2.11. The van der Waals surface area contributed by atoms with Crippen LogP contribution in [0.15, 0.2) is 0 Å². The fraction of sp³-hybridized carbons (Fsp3) is 0.750. The van der Waals surface area contributed by atoms with Gasteiger partial charge in [0.25, 0.3) is 0 Å². The quantitative estimate of drug-likeness (QED) is 0.422. The number of ether oxygens (including phenoxy) is 1. The molecule has 1 aliphatic rings. The fourth-order valence-corrected chi connectivity index (χ4v) is 1.15. The van der Waals surface area contributed by atoms with Gasteiger partial charge in [0.1, 0.15) is 6.61 Å². The highest BCUT2D eigenvalue weighted by Gasteiger charge is 2.38. The Morgan fingerprint density at radius 1 is 1.78 bits per heavy atom. The minimum absolute atomic E-state index is 0.0890. The van der Waals surface area contributed by atoms with Crippen molar-refractivity contribution in [3.8, 4) is 0 Å². The van der Waals surface area contributed by atoms with E-state index in [1.165, 1.54) is 0 Å².